The Hall–Kier alpha value is -1.07. The monoisotopic (exact) mass is 394 g/mol. The molecule has 1 aliphatic heterocycles. The van der Waals surface area contributed by atoms with Gasteiger partial charge in [0.2, 0.25) is 0 Å². The first-order valence-corrected chi connectivity index (χ1v) is 9.49. The highest BCUT2D eigenvalue weighted by atomic mass is 79.9. The molecule has 1 aromatic carbocycles. The van der Waals surface area contributed by atoms with E-state index in [0.29, 0.717) is 10.2 Å². The Morgan fingerprint density at radius 3 is 2.48 bits per heavy atom. The van der Waals surface area contributed by atoms with Gasteiger partial charge in [-0.05, 0) is 33.3 Å². The molecular weight excluding hydrogens is 372 g/mol. The lowest BCUT2D eigenvalue weighted by atomic mass is 9.86. The lowest BCUT2D eigenvalue weighted by Crippen LogP contribution is -2.30. The van der Waals surface area contributed by atoms with E-state index in [9.17, 15) is 4.79 Å². The standard InChI is InChI=1S/C18H23BrN2OS/c1-18(2,3)14-8-6-13(7-9-14)16(15(19)12-22)20-17-21(4)10-5-11-23-17/h6-9,12H,5,10-11H2,1-4H3/b16-15+,20-17?. The van der Waals surface area contributed by atoms with E-state index in [4.69, 9.17) is 4.99 Å². The molecule has 0 unspecified atom stereocenters. The molecule has 0 amide bonds. The number of nitrogens with zero attached hydrogens (tertiary/aromatic N) is 2. The van der Waals surface area contributed by atoms with Gasteiger partial charge in [0.15, 0.2) is 11.5 Å². The molecular formula is C18H23BrN2OS. The number of aldehydes is 1. The molecule has 1 aromatic rings. The zero-order valence-electron chi connectivity index (χ0n) is 14.1. The Morgan fingerprint density at radius 2 is 1.96 bits per heavy atom. The van der Waals surface area contributed by atoms with Crippen molar-refractivity contribution in [3.8, 4) is 0 Å². The minimum absolute atomic E-state index is 0.107. The predicted molar refractivity (Wildman–Crippen MR) is 104 cm³/mol. The van der Waals surface area contributed by atoms with Gasteiger partial charge in [0.05, 0.1) is 10.2 Å². The number of allylic oxidation sites excluding steroid dienone is 1. The number of amidine groups is 1. The van der Waals surface area contributed by atoms with Crippen molar-refractivity contribution in [3.05, 3.63) is 39.9 Å². The highest BCUT2D eigenvalue weighted by molar-refractivity contribution is 9.12. The smallest absolute Gasteiger partial charge is 0.164 e. The molecule has 1 saturated heterocycles. The summed E-state index contributed by atoms with van der Waals surface area (Å²) in [7, 11) is 2.04. The highest BCUT2D eigenvalue weighted by Gasteiger charge is 2.17. The van der Waals surface area contributed by atoms with Crippen LogP contribution in [-0.2, 0) is 10.2 Å². The van der Waals surface area contributed by atoms with E-state index in [-0.39, 0.29) is 5.41 Å². The Kier molecular flexibility index (Phi) is 6.09. The molecule has 1 aliphatic rings. The normalized spacial score (nSPS) is 18.8. The van der Waals surface area contributed by atoms with Gasteiger partial charge in [0.1, 0.15) is 0 Å². The summed E-state index contributed by atoms with van der Waals surface area (Å²) in [6, 6.07) is 8.30. The molecule has 0 aliphatic carbocycles. The first kappa shape index (κ1) is 18.3. The highest BCUT2D eigenvalue weighted by Crippen LogP contribution is 2.29. The van der Waals surface area contributed by atoms with Crippen molar-refractivity contribution in [1.82, 2.24) is 4.90 Å². The van der Waals surface area contributed by atoms with Crippen LogP contribution in [0.1, 0.15) is 38.3 Å². The van der Waals surface area contributed by atoms with Gasteiger partial charge in [-0.3, -0.25) is 4.79 Å². The SMILES string of the molecule is CN1CCCSC1=N/C(=C(/Br)C=O)c1ccc(C(C)(C)C)cc1. The minimum Gasteiger partial charge on any atom is -0.354 e. The molecule has 3 nitrogen and oxygen atoms in total. The van der Waals surface area contributed by atoms with E-state index in [2.05, 4.69) is 53.7 Å². The number of hydrogen-bond acceptors (Lipinski definition) is 3. The number of halogens is 1. The van der Waals surface area contributed by atoms with Crippen LogP contribution in [0.25, 0.3) is 5.70 Å². The number of aliphatic imine (C=N–C) groups is 1. The Labute approximate surface area is 151 Å². The fourth-order valence-corrected chi connectivity index (χ4v) is 3.57. The van der Waals surface area contributed by atoms with Gasteiger partial charge in [-0.15, -0.1) is 0 Å². The largest absolute Gasteiger partial charge is 0.354 e. The maximum Gasteiger partial charge on any atom is 0.164 e. The van der Waals surface area contributed by atoms with Gasteiger partial charge in [-0.2, -0.15) is 0 Å². The fraction of sp³-hybridized carbons (Fsp3) is 0.444. The van der Waals surface area contributed by atoms with Gasteiger partial charge in [-0.1, -0.05) is 56.8 Å². The van der Waals surface area contributed by atoms with Crippen LogP contribution in [0.3, 0.4) is 0 Å². The number of rotatable bonds is 3. The van der Waals surface area contributed by atoms with Gasteiger partial charge < -0.3 is 4.90 Å². The summed E-state index contributed by atoms with van der Waals surface area (Å²) < 4.78 is 0.480. The molecule has 2 rings (SSSR count). The summed E-state index contributed by atoms with van der Waals surface area (Å²) >= 11 is 5.10. The van der Waals surface area contributed by atoms with Crippen LogP contribution >= 0.6 is 27.7 Å². The predicted octanol–water partition coefficient (Wildman–Crippen LogP) is 4.67. The van der Waals surface area contributed by atoms with Crippen molar-refractivity contribution >= 4 is 44.8 Å². The molecule has 124 valence electrons. The molecule has 0 bridgehead atoms. The lowest BCUT2D eigenvalue weighted by molar-refractivity contribution is -0.104. The second-order valence-electron chi connectivity index (χ2n) is 6.66. The summed E-state index contributed by atoms with van der Waals surface area (Å²) in [6.07, 6.45) is 1.97. The van der Waals surface area contributed by atoms with Crippen molar-refractivity contribution in [2.75, 3.05) is 19.3 Å². The second kappa shape index (κ2) is 7.67. The van der Waals surface area contributed by atoms with Crippen molar-refractivity contribution in [2.45, 2.75) is 32.6 Å². The average molecular weight is 395 g/mol. The van der Waals surface area contributed by atoms with Crippen molar-refractivity contribution in [2.24, 2.45) is 4.99 Å². The summed E-state index contributed by atoms with van der Waals surface area (Å²) in [5.74, 6) is 1.07. The number of carbonyl (C=O) groups is 1. The average Bonchev–Trinajstić information content (AvgIpc) is 2.53. The first-order chi connectivity index (χ1) is 10.8. The zero-order chi connectivity index (χ0) is 17.0. The van der Waals surface area contributed by atoms with Crippen molar-refractivity contribution < 1.29 is 4.79 Å². The van der Waals surface area contributed by atoms with E-state index in [1.807, 2.05) is 19.2 Å². The second-order valence-corrected chi connectivity index (χ2v) is 8.58. The first-order valence-electron chi connectivity index (χ1n) is 7.71. The molecule has 0 saturated carbocycles. The molecule has 1 fully saturated rings. The van der Waals surface area contributed by atoms with Gasteiger partial charge in [-0.25, -0.2) is 4.99 Å². The molecule has 0 atom stereocenters. The van der Waals surface area contributed by atoms with Crippen LogP contribution in [-0.4, -0.2) is 35.7 Å². The van der Waals surface area contributed by atoms with E-state index in [1.165, 1.54) is 5.56 Å². The summed E-state index contributed by atoms with van der Waals surface area (Å²) in [6.45, 7) is 7.57. The fourth-order valence-electron chi connectivity index (χ4n) is 2.32. The molecule has 0 N–H and O–H groups in total. The van der Waals surface area contributed by atoms with Crippen LogP contribution < -0.4 is 0 Å². The van der Waals surface area contributed by atoms with Crippen molar-refractivity contribution in [3.63, 3.8) is 0 Å². The third-order valence-electron chi connectivity index (χ3n) is 3.76. The summed E-state index contributed by atoms with van der Waals surface area (Å²) in [5, 5.41) is 0.963. The van der Waals surface area contributed by atoms with Crippen LogP contribution in [0.2, 0.25) is 0 Å². The van der Waals surface area contributed by atoms with Crippen LogP contribution in [0.15, 0.2) is 33.7 Å². The third kappa shape index (κ3) is 4.70. The third-order valence-corrected chi connectivity index (χ3v) is 5.47. The Balaban J connectivity index is 2.41. The molecule has 1 heterocycles. The maximum absolute atomic E-state index is 11.3. The van der Waals surface area contributed by atoms with Gasteiger partial charge in [0, 0.05) is 24.9 Å². The van der Waals surface area contributed by atoms with Gasteiger partial charge in [0.25, 0.3) is 0 Å². The summed E-state index contributed by atoms with van der Waals surface area (Å²) in [5.41, 5.74) is 3.01. The molecule has 23 heavy (non-hydrogen) atoms. The van der Waals surface area contributed by atoms with E-state index in [0.717, 1.165) is 35.7 Å². The molecule has 0 spiro atoms. The number of thioether (sulfide) groups is 1. The van der Waals surface area contributed by atoms with Gasteiger partial charge >= 0.3 is 0 Å². The van der Waals surface area contributed by atoms with Crippen LogP contribution in [0.4, 0.5) is 0 Å². The topological polar surface area (TPSA) is 32.7 Å². The summed E-state index contributed by atoms with van der Waals surface area (Å²) in [4.78, 5) is 18.2. The van der Waals surface area contributed by atoms with Crippen LogP contribution in [0.5, 0.6) is 0 Å². The quantitative estimate of drug-likeness (QED) is 0.551. The zero-order valence-corrected chi connectivity index (χ0v) is 16.5. The minimum atomic E-state index is 0.107. The van der Waals surface area contributed by atoms with Crippen molar-refractivity contribution in [1.29, 1.82) is 0 Å². The number of carbonyl (C=O) groups excluding carboxylic acids is 1. The maximum atomic E-state index is 11.3. The molecule has 0 aromatic heterocycles. The number of benzene rings is 1. The van der Waals surface area contributed by atoms with E-state index >= 15 is 0 Å². The Morgan fingerprint density at radius 1 is 1.30 bits per heavy atom. The lowest BCUT2D eigenvalue weighted by Gasteiger charge is -2.25. The van der Waals surface area contributed by atoms with E-state index in [1.54, 1.807) is 11.8 Å². The molecule has 5 heteroatoms. The van der Waals surface area contributed by atoms with Crippen LogP contribution in [0, 0.1) is 0 Å². The Bertz CT molecular complexity index is 629. The van der Waals surface area contributed by atoms with E-state index < -0.39 is 0 Å². The molecule has 0 radical (unpaired) electrons. The number of hydrogen-bond donors (Lipinski definition) is 0.